The fraction of sp³-hybridized carbons (Fsp3) is 0.600. The summed E-state index contributed by atoms with van der Waals surface area (Å²) in [7, 11) is -4.60. The molecular formula is C15H25O4P. The van der Waals surface area contributed by atoms with Gasteiger partial charge in [0.25, 0.3) is 0 Å². The molecule has 5 heteroatoms. The van der Waals surface area contributed by atoms with E-state index in [4.69, 9.17) is 4.52 Å². The quantitative estimate of drug-likeness (QED) is 0.808. The summed E-state index contributed by atoms with van der Waals surface area (Å²) in [6, 6.07) is 3.86. The van der Waals surface area contributed by atoms with Gasteiger partial charge in [-0.25, -0.2) is 4.57 Å². The third-order valence-corrected chi connectivity index (χ3v) is 3.48. The summed E-state index contributed by atoms with van der Waals surface area (Å²) in [5.74, 6) is 0.309. The van der Waals surface area contributed by atoms with Crippen LogP contribution in [0.2, 0.25) is 0 Å². The highest BCUT2D eigenvalue weighted by atomic mass is 31.2. The molecule has 1 aromatic rings. The van der Waals surface area contributed by atoms with E-state index < -0.39 is 7.82 Å². The summed E-state index contributed by atoms with van der Waals surface area (Å²) in [4.78, 5) is 18.4. The van der Waals surface area contributed by atoms with Crippen molar-refractivity contribution in [3.63, 3.8) is 0 Å². The molecule has 0 saturated heterocycles. The molecule has 0 saturated carbocycles. The maximum absolute atomic E-state index is 11.3. The van der Waals surface area contributed by atoms with Gasteiger partial charge in [0.05, 0.1) is 0 Å². The summed E-state index contributed by atoms with van der Waals surface area (Å²) < 4.78 is 16.4. The first-order chi connectivity index (χ1) is 8.72. The number of phosphoric ester groups is 1. The minimum Gasteiger partial charge on any atom is -0.404 e. The Morgan fingerprint density at radius 3 is 1.55 bits per heavy atom. The Morgan fingerprint density at radius 1 is 0.950 bits per heavy atom. The minimum atomic E-state index is -4.60. The maximum Gasteiger partial charge on any atom is 0.524 e. The zero-order valence-corrected chi connectivity index (χ0v) is 14.2. The molecular weight excluding hydrogens is 275 g/mol. The molecule has 0 aliphatic rings. The Hall–Kier alpha value is -0.830. The van der Waals surface area contributed by atoms with Gasteiger partial charge in [-0.2, -0.15) is 0 Å². The largest absolute Gasteiger partial charge is 0.524 e. The van der Waals surface area contributed by atoms with E-state index in [0.717, 1.165) is 16.7 Å². The monoisotopic (exact) mass is 300 g/mol. The number of hydrogen-bond donors (Lipinski definition) is 2. The van der Waals surface area contributed by atoms with E-state index in [1.807, 2.05) is 60.6 Å². The van der Waals surface area contributed by atoms with Crippen molar-refractivity contribution in [2.75, 3.05) is 0 Å². The molecule has 1 rings (SSSR count). The van der Waals surface area contributed by atoms with Gasteiger partial charge >= 0.3 is 7.82 Å². The number of phosphoric acid groups is 1. The van der Waals surface area contributed by atoms with E-state index in [0.29, 0.717) is 5.75 Å². The third-order valence-electron chi connectivity index (χ3n) is 3.06. The van der Waals surface area contributed by atoms with Gasteiger partial charge in [-0.3, -0.25) is 9.79 Å². The van der Waals surface area contributed by atoms with Crippen LogP contribution in [-0.2, 0) is 15.4 Å². The van der Waals surface area contributed by atoms with Crippen molar-refractivity contribution in [3.8, 4) is 5.75 Å². The molecule has 0 aliphatic heterocycles. The van der Waals surface area contributed by atoms with E-state index in [-0.39, 0.29) is 10.8 Å². The lowest BCUT2D eigenvalue weighted by Gasteiger charge is -2.30. The van der Waals surface area contributed by atoms with Crippen LogP contribution in [0.4, 0.5) is 0 Å². The van der Waals surface area contributed by atoms with Gasteiger partial charge in [0.2, 0.25) is 0 Å². The summed E-state index contributed by atoms with van der Waals surface area (Å²) in [5, 5.41) is 0. The van der Waals surface area contributed by atoms with Crippen molar-refractivity contribution < 1.29 is 18.9 Å². The Kier molecular flexibility index (Phi) is 4.46. The Bertz CT molecular complexity index is 509. The predicted molar refractivity (Wildman–Crippen MR) is 81.3 cm³/mol. The van der Waals surface area contributed by atoms with Crippen LogP contribution < -0.4 is 4.52 Å². The SMILES string of the molecule is Cc1cc(C(C)(C)C)c(OP(=O)(O)O)c(C(C)(C)C)c1. The van der Waals surface area contributed by atoms with Crippen molar-refractivity contribution in [3.05, 3.63) is 28.8 Å². The van der Waals surface area contributed by atoms with Crippen molar-refractivity contribution in [2.24, 2.45) is 0 Å². The first-order valence-corrected chi connectivity index (χ1v) is 8.15. The first kappa shape index (κ1) is 17.2. The number of benzene rings is 1. The van der Waals surface area contributed by atoms with Gasteiger partial charge in [0.15, 0.2) is 0 Å². The lowest BCUT2D eigenvalue weighted by atomic mass is 9.78. The molecule has 0 unspecified atom stereocenters. The number of rotatable bonds is 2. The van der Waals surface area contributed by atoms with Crippen molar-refractivity contribution in [2.45, 2.75) is 59.3 Å². The molecule has 0 aliphatic carbocycles. The fourth-order valence-corrected chi connectivity index (χ4v) is 2.54. The van der Waals surface area contributed by atoms with Gasteiger partial charge < -0.3 is 4.52 Å². The summed E-state index contributed by atoms with van der Waals surface area (Å²) in [6.07, 6.45) is 0. The van der Waals surface area contributed by atoms with Crippen LogP contribution in [0.15, 0.2) is 12.1 Å². The highest BCUT2D eigenvalue weighted by molar-refractivity contribution is 7.46. The van der Waals surface area contributed by atoms with Gasteiger partial charge in [0, 0.05) is 11.1 Å². The van der Waals surface area contributed by atoms with Crippen LogP contribution in [0.25, 0.3) is 0 Å². The van der Waals surface area contributed by atoms with Crippen LogP contribution in [-0.4, -0.2) is 9.79 Å². The van der Waals surface area contributed by atoms with Crippen LogP contribution in [0, 0.1) is 6.92 Å². The van der Waals surface area contributed by atoms with E-state index in [1.54, 1.807) is 0 Å². The van der Waals surface area contributed by atoms with Crippen LogP contribution >= 0.6 is 7.82 Å². The second-order valence-electron chi connectivity index (χ2n) is 7.27. The molecule has 0 spiro atoms. The second-order valence-corrected chi connectivity index (χ2v) is 8.43. The topological polar surface area (TPSA) is 66.8 Å². The lowest BCUT2D eigenvalue weighted by molar-refractivity contribution is 0.278. The van der Waals surface area contributed by atoms with E-state index >= 15 is 0 Å². The highest BCUT2D eigenvalue weighted by Gasteiger charge is 2.31. The molecule has 2 N–H and O–H groups in total. The Labute approximate surface area is 121 Å². The molecule has 0 fully saturated rings. The normalized spacial score (nSPS) is 13.4. The molecule has 4 nitrogen and oxygen atoms in total. The molecule has 0 radical (unpaired) electrons. The van der Waals surface area contributed by atoms with Crippen LogP contribution in [0.3, 0.4) is 0 Å². The first-order valence-electron chi connectivity index (χ1n) is 6.62. The molecule has 1 aromatic carbocycles. The molecule has 114 valence electrons. The third kappa shape index (κ3) is 4.34. The van der Waals surface area contributed by atoms with E-state index in [1.165, 1.54) is 0 Å². The van der Waals surface area contributed by atoms with Gasteiger partial charge in [-0.15, -0.1) is 0 Å². The molecule has 0 bridgehead atoms. The van der Waals surface area contributed by atoms with Crippen molar-refractivity contribution >= 4 is 7.82 Å². The van der Waals surface area contributed by atoms with E-state index in [9.17, 15) is 14.4 Å². The zero-order valence-electron chi connectivity index (χ0n) is 13.3. The molecule has 0 aromatic heterocycles. The van der Waals surface area contributed by atoms with Gasteiger partial charge in [-0.1, -0.05) is 59.2 Å². The average molecular weight is 300 g/mol. The molecule has 0 atom stereocenters. The van der Waals surface area contributed by atoms with Gasteiger partial charge in [0.1, 0.15) is 5.75 Å². The van der Waals surface area contributed by atoms with Crippen LogP contribution in [0.1, 0.15) is 58.2 Å². The Balaban J connectivity index is 3.68. The maximum atomic E-state index is 11.3. The smallest absolute Gasteiger partial charge is 0.404 e. The number of hydrogen-bond acceptors (Lipinski definition) is 2. The molecule has 20 heavy (non-hydrogen) atoms. The van der Waals surface area contributed by atoms with Crippen molar-refractivity contribution in [1.29, 1.82) is 0 Å². The minimum absolute atomic E-state index is 0.267. The van der Waals surface area contributed by atoms with Gasteiger partial charge in [-0.05, 0) is 17.8 Å². The predicted octanol–water partition coefficient (Wildman–Crippen LogP) is 4.06. The summed E-state index contributed by atoms with van der Waals surface area (Å²) >= 11 is 0. The standard InChI is InChI=1S/C15H25O4P/c1-10-8-11(14(2,3)4)13(19-20(16,17)18)12(9-10)15(5,6)7/h8-9H,1-7H3,(H2,16,17,18). The molecule has 0 heterocycles. The molecule has 0 amide bonds. The summed E-state index contributed by atoms with van der Waals surface area (Å²) in [6.45, 7) is 14.0. The summed E-state index contributed by atoms with van der Waals surface area (Å²) in [5.41, 5.74) is 2.14. The van der Waals surface area contributed by atoms with Crippen molar-refractivity contribution in [1.82, 2.24) is 0 Å². The second kappa shape index (κ2) is 5.18. The fourth-order valence-electron chi connectivity index (χ4n) is 2.10. The average Bonchev–Trinajstić information content (AvgIpc) is 2.14. The zero-order chi connectivity index (χ0) is 15.9. The highest BCUT2D eigenvalue weighted by Crippen LogP contribution is 2.47. The Morgan fingerprint density at radius 2 is 1.30 bits per heavy atom. The number of aryl methyl sites for hydroxylation is 1. The van der Waals surface area contributed by atoms with E-state index in [2.05, 4.69) is 0 Å². The lowest BCUT2D eigenvalue weighted by Crippen LogP contribution is -2.19. The van der Waals surface area contributed by atoms with Crippen LogP contribution in [0.5, 0.6) is 5.75 Å².